The molecule has 15 heteroatoms. The Bertz CT molecular complexity index is 849. The summed E-state index contributed by atoms with van der Waals surface area (Å²) in [6.45, 7) is 5.65. The number of carbonyl (C=O) groups excluding carboxylic acids is 6. The molecule has 0 aromatic rings. The van der Waals surface area contributed by atoms with Crippen LogP contribution in [0.4, 0.5) is 0 Å². The van der Waals surface area contributed by atoms with Crippen LogP contribution in [0.1, 0.15) is 47.0 Å². The lowest BCUT2D eigenvalue weighted by Crippen LogP contribution is -2.59. The number of nitrogens with two attached hydrogens (primary N) is 2. The van der Waals surface area contributed by atoms with Crippen molar-refractivity contribution in [2.45, 2.75) is 65.1 Å². The Morgan fingerprint density at radius 3 is 1.81 bits per heavy atom. The number of primary amides is 1. The fourth-order valence-corrected chi connectivity index (χ4v) is 3.00. The number of hydrogen-bond acceptors (Lipinski definition) is 8. The fraction of sp³-hybridized carbons (Fsp3) is 0.682. The number of carboxylic acids is 1. The highest BCUT2D eigenvalue weighted by atomic mass is 16.4. The predicted molar refractivity (Wildman–Crippen MR) is 131 cm³/mol. The first-order valence-electron chi connectivity index (χ1n) is 11.9. The molecular weight excluding hydrogens is 490 g/mol. The molecule has 0 unspecified atom stereocenters. The van der Waals surface area contributed by atoms with Crippen molar-refractivity contribution in [3.05, 3.63) is 0 Å². The largest absolute Gasteiger partial charge is 0.480 e. The molecule has 0 spiro atoms. The van der Waals surface area contributed by atoms with E-state index in [1.54, 1.807) is 27.7 Å². The van der Waals surface area contributed by atoms with E-state index in [4.69, 9.17) is 11.5 Å². The molecule has 0 aliphatic rings. The predicted octanol–water partition coefficient (Wildman–Crippen LogP) is -3.32. The van der Waals surface area contributed by atoms with Crippen LogP contribution >= 0.6 is 0 Å². The van der Waals surface area contributed by atoms with Gasteiger partial charge in [-0.2, -0.15) is 0 Å². The van der Waals surface area contributed by atoms with E-state index in [2.05, 4.69) is 26.6 Å². The van der Waals surface area contributed by atoms with Gasteiger partial charge in [-0.15, -0.1) is 0 Å². The summed E-state index contributed by atoms with van der Waals surface area (Å²) in [5, 5.41) is 21.3. The molecular formula is C22H39N7O8. The second kappa shape index (κ2) is 16.8. The van der Waals surface area contributed by atoms with Crippen molar-refractivity contribution >= 4 is 41.4 Å². The molecule has 0 saturated carbocycles. The van der Waals surface area contributed by atoms with Gasteiger partial charge in [-0.05, 0) is 18.3 Å². The Kier molecular flexibility index (Phi) is 15.1. The van der Waals surface area contributed by atoms with Gasteiger partial charge in [0.1, 0.15) is 18.1 Å². The van der Waals surface area contributed by atoms with E-state index in [9.17, 15) is 38.7 Å². The quantitative estimate of drug-likeness (QED) is 0.0937. The molecule has 0 aromatic heterocycles. The number of aliphatic carboxylic acids is 1. The summed E-state index contributed by atoms with van der Waals surface area (Å²) in [4.78, 5) is 83.5. The standard InChI is InChI=1S/C22H39N7O8/c1-5-12(4)19(21(35)27-13(22(36)37)6-7-14(24)30)29-20(34)18(11(2)3)28-17(33)10-26-16(32)9-25-15(31)8-23/h11-13,18-19H,5-10,23H2,1-4H3,(H2,24,30)(H,25,31)(H,26,32)(H,27,35)(H,28,33)(H,29,34)(H,36,37)/t12-,13-,18-,19-/m0/s1. The van der Waals surface area contributed by atoms with Crippen molar-refractivity contribution in [3.8, 4) is 0 Å². The van der Waals surface area contributed by atoms with E-state index in [1.165, 1.54) is 0 Å². The molecule has 0 heterocycles. The normalized spacial score (nSPS) is 13.9. The molecule has 0 aliphatic carbocycles. The van der Waals surface area contributed by atoms with Crippen LogP contribution in [0, 0.1) is 11.8 Å². The van der Waals surface area contributed by atoms with Gasteiger partial charge in [0.25, 0.3) is 0 Å². The number of rotatable bonds is 17. The van der Waals surface area contributed by atoms with Crippen molar-refractivity contribution < 1.29 is 38.7 Å². The number of hydrogen-bond donors (Lipinski definition) is 8. The maximum absolute atomic E-state index is 13.0. The average Bonchev–Trinajstić information content (AvgIpc) is 2.83. The summed E-state index contributed by atoms with van der Waals surface area (Å²) in [7, 11) is 0. The van der Waals surface area contributed by atoms with Gasteiger partial charge in [-0.1, -0.05) is 34.1 Å². The molecule has 0 radical (unpaired) electrons. The lowest BCUT2D eigenvalue weighted by Gasteiger charge is -2.29. The number of carboxylic acid groups (broad SMARTS) is 1. The fourth-order valence-electron chi connectivity index (χ4n) is 3.00. The van der Waals surface area contributed by atoms with E-state index >= 15 is 0 Å². The Balaban J connectivity index is 5.27. The first-order valence-corrected chi connectivity index (χ1v) is 11.9. The van der Waals surface area contributed by atoms with Crippen LogP contribution in [0.3, 0.4) is 0 Å². The monoisotopic (exact) mass is 529 g/mol. The van der Waals surface area contributed by atoms with Crippen LogP contribution in [-0.2, 0) is 33.6 Å². The van der Waals surface area contributed by atoms with E-state index in [1.807, 2.05) is 0 Å². The second-order valence-electron chi connectivity index (χ2n) is 8.82. The first-order chi connectivity index (χ1) is 17.2. The zero-order valence-electron chi connectivity index (χ0n) is 21.6. The van der Waals surface area contributed by atoms with Crippen molar-refractivity contribution in [1.29, 1.82) is 0 Å². The molecule has 210 valence electrons. The summed E-state index contributed by atoms with van der Waals surface area (Å²) < 4.78 is 0. The lowest BCUT2D eigenvalue weighted by atomic mass is 9.96. The zero-order valence-corrected chi connectivity index (χ0v) is 21.6. The van der Waals surface area contributed by atoms with Crippen LogP contribution in [0.5, 0.6) is 0 Å². The molecule has 0 saturated heterocycles. The smallest absolute Gasteiger partial charge is 0.326 e. The lowest BCUT2D eigenvalue weighted by molar-refractivity contribution is -0.143. The minimum Gasteiger partial charge on any atom is -0.480 e. The van der Waals surface area contributed by atoms with Gasteiger partial charge in [-0.25, -0.2) is 4.79 Å². The van der Waals surface area contributed by atoms with Crippen molar-refractivity contribution in [2.75, 3.05) is 19.6 Å². The highest BCUT2D eigenvalue weighted by molar-refractivity contribution is 5.94. The number of amides is 6. The average molecular weight is 530 g/mol. The van der Waals surface area contributed by atoms with Crippen molar-refractivity contribution in [1.82, 2.24) is 26.6 Å². The minimum atomic E-state index is -1.39. The van der Waals surface area contributed by atoms with Crippen LogP contribution in [0.15, 0.2) is 0 Å². The van der Waals surface area contributed by atoms with Gasteiger partial charge in [0.2, 0.25) is 35.4 Å². The SMILES string of the molecule is CC[C@H](C)[C@H](NC(=O)[C@@H](NC(=O)CNC(=O)CNC(=O)CN)C(C)C)C(=O)N[C@@H](CCC(N)=O)C(=O)O. The molecule has 0 aliphatic heterocycles. The zero-order chi connectivity index (χ0) is 28.7. The molecule has 15 nitrogen and oxygen atoms in total. The van der Waals surface area contributed by atoms with Gasteiger partial charge in [0.05, 0.1) is 19.6 Å². The van der Waals surface area contributed by atoms with Crippen LogP contribution < -0.4 is 38.1 Å². The number of nitrogens with one attached hydrogen (secondary N) is 5. The van der Waals surface area contributed by atoms with Gasteiger partial charge in [-0.3, -0.25) is 28.8 Å². The maximum atomic E-state index is 13.0. The molecule has 10 N–H and O–H groups in total. The Hall–Kier alpha value is -3.75. The summed E-state index contributed by atoms with van der Waals surface area (Å²) in [5.74, 6) is -6.21. The summed E-state index contributed by atoms with van der Waals surface area (Å²) >= 11 is 0. The second-order valence-corrected chi connectivity index (χ2v) is 8.82. The summed E-state index contributed by atoms with van der Waals surface area (Å²) in [6.07, 6.45) is -0.0122. The summed E-state index contributed by atoms with van der Waals surface area (Å²) in [6, 6.07) is -3.59. The third-order valence-corrected chi connectivity index (χ3v) is 5.43. The van der Waals surface area contributed by atoms with E-state index in [-0.39, 0.29) is 25.9 Å². The first kappa shape index (κ1) is 33.2. The molecule has 4 atom stereocenters. The third kappa shape index (κ3) is 13.2. The Morgan fingerprint density at radius 2 is 1.32 bits per heavy atom. The van der Waals surface area contributed by atoms with E-state index in [0.717, 1.165) is 0 Å². The highest BCUT2D eigenvalue weighted by Crippen LogP contribution is 2.11. The Labute approximate surface area is 215 Å². The van der Waals surface area contributed by atoms with E-state index < -0.39 is 77.9 Å². The highest BCUT2D eigenvalue weighted by Gasteiger charge is 2.33. The van der Waals surface area contributed by atoms with Gasteiger partial charge >= 0.3 is 5.97 Å². The molecule has 0 rings (SSSR count). The minimum absolute atomic E-state index is 0.218. The third-order valence-electron chi connectivity index (χ3n) is 5.43. The number of carbonyl (C=O) groups is 7. The molecule has 0 bridgehead atoms. The molecule has 0 fully saturated rings. The molecule has 37 heavy (non-hydrogen) atoms. The summed E-state index contributed by atoms with van der Waals surface area (Å²) in [5.41, 5.74) is 10.2. The Morgan fingerprint density at radius 1 is 0.784 bits per heavy atom. The maximum Gasteiger partial charge on any atom is 0.326 e. The van der Waals surface area contributed by atoms with Crippen molar-refractivity contribution in [2.24, 2.45) is 23.3 Å². The van der Waals surface area contributed by atoms with E-state index in [0.29, 0.717) is 6.42 Å². The topological polar surface area (TPSA) is 252 Å². The van der Waals surface area contributed by atoms with Crippen LogP contribution in [-0.4, -0.2) is 84.3 Å². The van der Waals surface area contributed by atoms with Gasteiger partial charge in [0.15, 0.2) is 0 Å². The van der Waals surface area contributed by atoms with Crippen LogP contribution in [0.25, 0.3) is 0 Å². The van der Waals surface area contributed by atoms with Crippen LogP contribution in [0.2, 0.25) is 0 Å². The van der Waals surface area contributed by atoms with Crippen molar-refractivity contribution in [3.63, 3.8) is 0 Å². The molecule has 6 amide bonds. The van der Waals surface area contributed by atoms with Gasteiger partial charge in [0, 0.05) is 6.42 Å². The molecule has 0 aromatic carbocycles. The van der Waals surface area contributed by atoms with Gasteiger partial charge < -0.3 is 43.2 Å².